The smallest absolute Gasteiger partial charge is 0.433 e. The maximum absolute atomic E-state index is 13.3. The minimum absolute atomic E-state index is 0.148. The van der Waals surface area contributed by atoms with Crippen LogP contribution in [0.15, 0.2) is 53.8 Å². The Labute approximate surface area is 176 Å². The monoisotopic (exact) mass is 452 g/mol. The molecule has 0 atom stereocenters. The third-order valence-electron chi connectivity index (χ3n) is 4.74. The molecule has 2 heterocycles. The standard InChI is InChI=1S/C21H14F6N4O/c1-32-12-5-6-16-14(7-12)11(9-28-16)10-29-31-17-8-18(21(25,26)27)30-19-13(17)3-2-4-15(19)20(22,23)24/h2-10,28H,1H3,(H,30,31)/b29-10+. The molecular formula is C21H14F6N4O. The molecule has 0 fully saturated rings. The van der Waals surface area contributed by atoms with Crippen LogP contribution in [0.2, 0.25) is 0 Å². The van der Waals surface area contributed by atoms with Crippen molar-refractivity contribution in [3.63, 3.8) is 0 Å². The van der Waals surface area contributed by atoms with Crippen molar-refractivity contribution in [1.82, 2.24) is 9.97 Å². The summed E-state index contributed by atoms with van der Waals surface area (Å²) >= 11 is 0. The molecular weight excluding hydrogens is 438 g/mol. The Morgan fingerprint density at radius 3 is 2.47 bits per heavy atom. The molecule has 2 aromatic carbocycles. The van der Waals surface area contributed by atoms with Gasteiger partial charge in [-0.15, -0.1) is 0 Å². The molecule has 0 bridgehead atoms. The fourth-order valence-corrected chi connectivity index (χ4v) is 3.24. The third kappa shape index (κ3) is 4.05. The van der Waals surface area contributed by atoms with E-state index in [9.17, 15) is 26.3 Å². The average Bonchev–Trinajstić information content (AvgIpc) is 3.13. The van der Waals surface area contributed by atoms with Crippen LogP contribution in [0.1, 0.15) is 16.8 Å². The molecule has 0 spiro atoms. The van der Waals surface area contributed by atoms with Crippen molar-refractivity contribution in [2.75, 3.05) is 12.5 Å². The number of aromatic nitrogens is 2. The van der Waals surface area contributed by atoms with Gasteiger partial charge in [-0.25, -0.2) is 4.98 Å². The Morgan fingerprint density at radius 1 is 1.00 bits per heavy atom. The first kappa shape index (κ1) is 21.5. The predicted molar refractivity (Wildman–Crippen MR) is 108 cm³/mol. The minimum atomic E-state index is -4.94. The van der Waals surface area contributed by atoms with Crippen LogP contribution in [0.4, 0.5) is 32.0 Å². The lowest BCUT2D eigenvalue weighted by atomic mass is 10.1. The number of fused-ring (bicyclic) bond motifs is 2. The maximum atomic E-state index is 13.3. The number of alkyl halides is 6. The van der Waals surface area contributed by atoms with Gasteiger partial charge in [0.2, 0.25) is 0 Å². The number of pyridine rings is 1. The number of aromatic amines is 1. The van der Waals surface area contributed by atoms with Crippen molar-refractivity contribution in [2.24, 2.45) is 5.10 Å². The quantitative estimate of drug-likeness (QED) is 0.220. The van der Waals surface area contributed by atoms with Gasteiger partial charge in [0.25, 0.3) is 0 Å². The first-order valence-corrected chi connectivity index (χ1v) is 9.10. The van der Waals surface area contributed by atoms with Gasteiger partial charge < -0.3 is 9.72 Å². The molecule has 0 aliphatic carbocycles. The molecule has 166 valence electrons. The zero-order valence-corrected chi connectivity index (χ0v) is 16.3. The molecule has 4 aromatic rings. The Bertz CT molecular complexity index is 1320. The summed E-state index contributed by atoms with van der Waals surface area (Å²) in [5.74, 6) is 0.592. The summed E-state index contributed by atoms with van der Waals surface area (Å²) in [6, 6.07) is 8.92. The fourth-order valence-electron chi connectivity index (χ4n) is 3.24. The number of halogens is 6. The van der Waals surface area contributed by atoms with E-state index in [1.807, 2.05) is 0 Å². The van der Waals surface area contributed by atoms with E-state index in [1.54, 1.807) is 24.4 Å². The average molecular weight is 452 g/mol. The van der Waals surface area contributed by atoms with Crippen LogP contribution in [0.3, 0.4) is 0 Å². The molecule has 0 radical (unpaired) electrons. The van der Waals surface area contributed by atoms with E-state index in [-0.39, 0.29) is 11.1 Å². The minimum Gasteiger partial charge on any atom is -0.497 e. The van der Waals surface area contributed by atoms with Crippen molar-refractivity contribution in [3.05, 3.63) is 65.5 Å². The molecule has 0 amide bonds. The lowest BCUT2D eigenvalue weighted by molar-refractivity contribution is -0.142. The molecule has 11 heteroatoms. The van der Waals surface area contributed by atoms with Crippen LogP contribution in [-0.2, 0) is 12.4 Å². The summed E-state index contributed by atoms with van der Waals surface area (Å²) in [5, 5.41) is 4.54. The number of hydrazone groups is 1. The molecule has 5 nitrogen and oxygen atoms in total. The largest absolute Gasteiger partial charge is 0.497 e. The molecule has 2 N–H and O–H groups in total. The van der Waals surface area contributed by atoms with Gasteiger partial charge in [-0.05, 0) is 30.3 Å². The number of anilines is 1. The summed E-state index contributed by atoms with van der Waals surface area (Å²) in [6.07, 6.45) is -6.85. The van der Waals surface area contributed by atoms with E-state index in [0.717, 1.165) is 17.0 Å². The summed E-state index contributed by atoms with van der Waals surface area (Å²) in [7, 11) is 1.51. The number of rotatable bonds is 4. The maximum Gasteiger partial charge on any atom is 0.433 e. The van der Waals surface area contributed by atoms with Crippen molar-refractivity contribution in [3.8, 4) is 5.75 Å². The van der Waals surface area contributed by atoms with Crippen LogP contribution in [0.5, 0.6) is 5.75 Å². The van der Waals surface area contributed by atoms with Crippen molar-refractivity contribution >= 4 is 33.7 Å². The van der Waals surface area contributed by atoms with Gasteiger partial charge in [0.05, 0.1) is 30.1 Å². The number of para-hydroxylation sites is 1. The van der Waals surface area contributed by atoms with Crippen molar-refractivity contribution in [2.45, 2.75) is 12.4 Å². The summed E-state index contributed by atoms with van der Waals surface area (Å²) in [4.78, 5) is 6.25. The Balaban J connectivity index is 1.77. The molecule has 4 rings (SSSR count). The van der Waals surface area contributed by atoms with Crippen molar-refractivity contribution < 1.29 is 31.1 Å². The number of hydrogen-bond acceptors (Lipinski definition) is 4. The van der Waals surface area contributed by atoms with Crippen LogP contribution in [0.25, 0.3) is 21.8 Å². The topological polar surface area (TPSA) is 62.3 Å². The Morgan fingerprint density at radius 2 is 1.78 bits per heavy atom. The highest BCUT2D eigenvalue weighted by molar-refractivity contribution is 6.00. The number of H-pyrrole nitrogens is 1. The van der Waals surface area contributed by atoms with Crippen LogP contribution in [-0.4, -0.2) is 23.3 Å². The van der Waals surface area contributed by atoms with Gasteiger partial charge in [0.1, 0.15) is 11.4 Å². The van der Waals surface area contributed by atoms with E-state index in [4.69, 9.17) is 4.74 Å². The van der Waals surface area contributed by atoms with Gasteiger partial charge in [-0.3, -0.25) is 5.43 Å². The van der Waals surface area contributed by atoms with Gasteiger partial charge in [0.15, 0.2) is 0 Å². The van der Waals surface area contributed by atoms with Gasteiger partial charge >= 0.3 is 12.4 Å². The summed E-state index contributed by atoms with van der Waals surface area (Å²) < 4.78 is 85.1. The molecule has 0 saturated carbocycles. The predicted octanol–water partition coefficient (Wildman–Crippen LogP) is 6.21. The number of ether oxygens (including phenoxy) is 1. The molecule has 32 heavy (non-hydrogen) atoms. The number of benzene rings is 2. The van der Waals surface area contributed by atoms with E-state index < -0.39 is 29.1 Å². The lowest BCUT2D eigenvalue weighted by Gasteiger charge is -2.15. The van der Waals surface area contributed by atoms with Gasteiger partial charge in [-0.2, -0.15) is 31.4 Å². The highest BCUT2D eigenvalue weighted by atomic mass is 19.4. The van der Waals surface area contributed by atoms with Gasteiger partial charge in [-0.1, -0.05) is 12.1 Å². The zero-order valence-electron chi connectivity index (χ0n) is 16.3. The van der Waals surface area contributed by atoms with Crippen LogP contribution >= 0.6 is 0 Å². The normalized spacial score (nSPS) is 12.7. The first-order chi connectivity index (χ1) is 15.1. The van der Waals surface area contributed by atoms with E-state index in [1.165, 1.54) is 19.4 Å². The van der Waals surface area contributed by atoms with E-state index in [0.29, 0.717) is 23.4 Å². The van der Waals surface area contributed by atoms with Gasteiger partial charge in [0, 0.05) is 28.0 Å². The van der Waals surface area contributed by atoms with Crippen LogP contribution < -0.4 is 10.2 Å². The zero-order chi connectivity index (χ0) is 23.1. The first-order valence-electron chi connectivity index (χ1n) is 9.10. The number of hydrogen-bond donors (Lipinski definition) is 2. The molecule has 2 aromatic heterocycles. The van der Waals surface area contributed by atoms with Crippen LogP contribution in [0, 0.1) is 0 Å². The molecule has 0 saturated heterocycles. The second-order valence-corrected chi connectivity index (χ2v) is 6.78. The lowest BCUT2D eigenvalue weighted by Crippen LogP contribution is -2.12. The Kier molecular flexibility index (Phi) is 5.19. The SMILES string of the molecule is COc1ccc2[nH]cc(/C=N/Nc3cc(C(F)(F)F)nc4c(C(F)(F)F)cccc34)c2c1. The highest BCUT2D eigenvalue weighted by Gasteiger charge is 2.37. The number of nitrogens with zero attached hydrogens (tertiary/aromatic N) is 2. The molecule has 0 aliphatic heterocycles. The molecule has 0 aliphatic rings. The van der Waals surface area contributed by atoms with E-state index in [2.05, 4.69) is 20.5 Å². The highest BCUT2D eigenvalue weighted by Crippen LogP contribution is 2.39. The number of nitrogens with one attached hydrogen (secondary N) is 2. The summed E-state index contributed by atoms with van der Waals surface area (Å²) in [5.41, 5.74) is -0.0105. The Hall–Kier alpha value is -3.76. The van der Waals surface area contributed by atoms with E-state index >= 15 is 0 Å². The second-order valence-electron chi connectivity index (χ2n) is 6.78. The van der Waals surface area contributed by atoms with Crippen molar-refractivity contribution in [1.29, 1.82) is 0 Å². The second kappa shape index (κ2) is 7.74. The number of methoxy groups -OCH3 is 1. The fraction of sp³-hybridized carbons (Fsp3) is 0.143. The molecule has 0 unspecified atom stereocenters. The summed E-state index contributed by atoms with van der Waals surface area (Å²) in [6.45, 7) is 0. The third-order valence-corrected chi connectivity index (χ3v) is 4.74.